The lowest BCUT2D eigenvalue weighted by Crippen LogP contribution is -2.25. The van der Waals surface area contributed by atoms with Crippen LogP contribution in [0.5, 0.6) is 0 Å². The molecule has 1 aromatic heterocycles. The van der Waals surface area contributed by atoms with Crippen LogP contribution in [0.2, 0.25) is 0 Å². The normalized spacial score (nSPS) is 12.4. The predicted octanol–water partition coefficient (Wildman–Crippen LogP) is 2.95. The van der Waals surface area contributed by atoms with Crippen molar-refractivity contribution in [2.75, 3.05) is 0 Å². The minimum atomic E-state index is -0.428. The molecule has 0 spiro atoms. The van der Waals surface area contributed by atoms with Gasteiger partial charge in [0.25, 0.3) is 0 Å². The Balaban J connectivity index is 2.30. The van der Waals surface area contributed by atoms with Crippen LogP contribution in [0, 0.1) is 0 Å². The summed E-state index contributed by atoms with van der Waals surface area (Å²) in [5.74, 6) is 0.00665. The highest BCUT2D eigenvalue weighted by Crippen LogP contribution is 2.28. The van der Waals surface area contributed by atoms with Gasteiger partial charge in [0.15, 0.2) is 5.78 Å². The van der Waals surface area contributed by atoms with Crippen LogP contribution in [0.1, 0.15) is 16.6 Å². The highest BCUT2D eigenvalue weighted by Gasteiger charge is 2.13. The van der Waals surface area contributed by atoms with Crippen molar-refractivity contribution in [1.29, 1.82) is 0 Å². The lowest BCUT2D eigenvalue weighted by atomic mass is 10.2. The molecule has 0 radical (unpaired) electrons. The van der Waals surface area contributed by atoms with Gasteiger partial charge in [-0.1, -0.05) is 30.3 Å². The summed E-state index contributed by atoms with van der Waals surface area (Å²) in [4.78, 5) is 13.5. The highest BCUT2D eigenvalue weighted by molar-refractivity contribution is 7.17. The number of hydrogen-bond acceptors (Lipinski definition) is 3. The van der Waals surface area contributed by atoms with Gasteiger partial charge in [-0.15, -0.1) is 11.3 Å². The van der Waals surface area contributed by atoms with Crippen LogP contribution in [0.25, 0.3) is 10.4 Å². The molecule has 1 heterocycles. The number of nitrogens with two attached hydrogens (primary N) is 1. The second kappa shape index (κ2) is 4.60. The molecule has 1 unspecified atom stereocenters. The quantitative estimate of drug-likeness (QED) is 0.825. The Morgan fingerprint density at radius 2 is 1.88 bits per heavy atom. The summed E-state index contributed by atoms with van der Waals surface area (Å²) in [7, 11) is 0. The van der Waals surface area contributed by atoms with Crippen LogP contribution in [-0.4, -0.2) is 11.8 Å². The molecule has 2 N–H and O–H groups in total. The molecule has 0 aliphatic carbocycles. The van der Waals surface area contributed by atoms with Gasteiger partial charge < -0.3 is 5.73 Å². The number of thiophene rings is 1. The highest BCUT2D eigenvalue weighted by atomic mass is 32.1. The fourth-order valence-electron chi connectivity index (χ4n) is 1.45. The minimum Gasteiger partial charge on any atom is -0.321 e. The average molecular weight is 231 g/mol. The molecule has 0 aliphatic rings. The standard InChI is InChI=1S/C13H13NOS/c1-9(14)13(15)12-8-7-11(16-12)10-5-3-2-4-6-10/h2-9H,14H2,1H3. The number of benzene rings is 1. The lowest BCUT2D eigenvalue weighted by Gasteiger charge is -2.00. The summed E-state index contributed by atoms with van der Waals surface area (Å²) in [6, 6.07) is 13.4. The van der Waals surface area contributed by atoms with E-state index in [1.165, 1.54) is 11.3 Å². The Morgan fingerprint density at radius 1 is 1.19 bits per heavy atom. The maximum absolute atomic E-state index is 11.7. The number of hydrogen-bond donors (Lipinski definition) is 1. The van der Waals surface area contributed by atoms with E-state index < -0.39 is 6.04 Å². The third kappa shape index (κ3) is 2.21. The smallest absolute Gasteiger partial charge is 0.189 e. The molecule has 0 aliphatic heterocycles. The molecule has 2 nitrogen and oxygen atoms in total. The molecule has 2 rings (SSSR count). The SMILES string of the molecule is CC(N)C(=O)c1ccc(-c2ccccc2)s1. The molecule has 3 heteroatoms. The van der Waals surface area contributed by atoms with Crippen molar-refractivity contribution in [2.24, 2.45) is 5.73 Å². The summed E-state index contributed by atoms with van der Waals surface area (Å²) < 4.78 is 0. The first kappa shape index (κ1) is 11.0. The van der Waals surface area contributed by atoms with Crippen LogP contribution in [0.3, 0.4) is 0 Å². The van der Waals surface area contributed by atoms with Crippen LogP contribution in [0.15, 0.2) is 42.5 Å². The second-order valence-electron chi connectivity index (χ2n) is 3.68. The predicted molar refractivity (Wildman–Crippen MR) is 67.7 cm³/mol. The molecule has 0 saturated heterocycles. The van der Waals surface area contributed by atoms with Gasteiger partial charge in [-0.05, 0) is 24.6 Å². The van der Waals surface area contributed by atoms with Gasteiger partial charge in [0.05, 0.1) is 10.9 Å². The summed E-state index contributed by atoms with van der Waals surface area (Å²) in [6.45, 7) is 1.71. The Hall–Kier alpha value is -1.45. The molecule has 0 saturated carbocycles. The zero-order valence-electron chi connectivity index (χ0n) is 9.01. The molecule has 0 fully saturated rings. The molecule has 0 bridgehead atoms. The van der Waals surface area contributed by atoms with Crippen molar-refractivity contribution in [3.8, 4) is 10.4 Å². The van der Waals surface area contributed by atoms with E-state index in [-0.39, 0.29) is 5.78 Å². The number of rotatable bonds is 3. The number of carbonyl (C=O) groups excluding carboxylic acids is 1. The molecule has 0 amide bonds. The molecule has 16 heavy (non-hydrogen) atoms. The topological polar surface area (TPSA) is 43.1 Å². The maximum atomic E-state index is 11.7. The van der Waals surface area contributed by atoms with Crippen molar-refractivity contribution in [3.63, 3.8) is 0 Å². The largest absolute Gasteiger partial charge is 0.321 e. The van der Waals surface area contributed by atoms with E-state index in [2.05, 4.69) is 0 Å². The first-order chi connectivity index (χ1) is 7.68. The van der Waals surface area contributed by atoms with Crippen LogP contribution in [0.4, 0.5) is 0 Å². The van der Waals surface area contributed by atoms with Crippen LogP contribution in [-0.2, 0) is 0 Å². The van der Waals surface area contributed by atoms with Gasteiger partial charge in [-0.2, -0.15) is 0 Å². The van der Waals surface area contributed by atoms with E-state index in [0.717, 1.165) is 15.3 Å². The van der Waals surface area contributed by atoms with Gasteiger partial charge in [0, 0.05) is 4.88 Å². The van der Waals surface area contributed by atoms with Gasteiger partial charge in [0.1, 0.15) is 0 Å². The van der Waals surface area contributed by atoms with Gasteiger partial charge in [-0.3, -0.25) is 4.79 Å². The monoisotopic (exact) mass is 231 g/mol. The Bertz CT molecular complexity index is 488. The zero-order chi connectivity index (χ0) is 11.5. The summed E-state index contributed by atoms with van der Waals surface area (Å²) in [5.41, 5.74) is 6.71. The molecule has 1 aromatic carbocycles. The van der Waals surface area contributed by atoms with Crippen molar-refractivity contribution in [1.82, 2.24) is 0 Å². The average Bonchev–Trinajstić information content (AvgIpc) is 2.78. The summed E-state index contributed by atoms with van der Waals surface area (Å²) >= 11 is 1.49. The van der Waals surface area contributed by atoms with E-state index in [0.29, 0.717) is 0 Å². The third-order valence-corrected chi connectivity index (χ3v) is 3.47. The van der Waals surface area contributed by atoms with E-state index in [9.17, 15) is 4.79 Å². The van der Waals surface area contributed by atoms with E-state index in [4.69, 9.17) is 5.73 Å². The van der Waals surface area contributed by atoms with E-state index in [1.54, 1.807) is 6.92 Å². The van der Waals surface area contributed by atoms with Crippen molar-refractivity contribution in [3.05, 3.63) is 47.3 Å². The van der Waals surface area contributed by atoms with Crippen molar-refractivity contribution >= 4 is 17.1 Å². The van der Waals surface area contributed by atoms with Crippen molar-refractivity contribution < 1.29 is 4.79 Å². The molecular formula is C13H13NOS. The first-order valence-electron chi connectivity index (χ1n) is 5.13. The summed E-state index contributed by atoms with van der Waals surface area (Å²) in [6.07, 6.45) is 0. The Morgan fingerprint density at radius 3 is 2.50 bits per heavy atom. The number of ketones is 1. The van der Waals surface area contributed by atoms with E-state index in [1.807, 2.05) is 42.5 Å². The maximum Gasteiger partial charge on any atom is 0.189 e. The molecule has 2 aromatic rings. The first-order valence-corrected chi connectivity index (χ1v) is 5.95. The number of carbonyl (C=O) groups is 1. The van der Waals surface area contributed by atoms with Crippen LogP contribution >= 0.6 is 11.3 Å². The number of Topliss-reactive ketones (excluding diaryl/α,β-unsaturated/α-hetero) is 1. The third-order valence-electron chi connectivity index (χ3n) is 2.32. The molecule has 1 atom stereocenters. The van der Waals surface area contributed by atoms with Gasteiger partial charge >= 0.3 is 0 Å². The molecule has 82 valence electrons. The van der Waals surface area contributed by atoms with Crippen LogP contribution < -0.4 is 5.73 Å². The fraction of sp³-hybridized carbons (Fsp3) is 0.154. The van der Waals surface area contributed by atoms with Gasteiger partial charge in [-0.25, -0.2) is 0 Å². The van der Waals surface area contributed by atoms with Gasteiger partial charge in [0.2, 0.25) is 0 Å². The molecular weight excluding hydrogens is 218 g/mol. The Kier molecular flexibility index (Phi) is 3.17. The van der Waals surface area contributed by atoms with Crippen molar-refractivity contribution in [2.45, 2.75) is 13.0 Å². The Labute approximate surface area is 98.7 Å². The summed E-state index contributed by atoms with van der Waals surface area (Å²) in [5, 5.41) is 0. The fourth-order valence-corrected chi connectivity index (χ4v) is 2.50. The van der Waals surface area contributed by atoms with E-state index >= 15 is 0 Å². The second-order valence-corrected chi connectivity index (χ2v) is 4.77. The lowest BCUT2D eigenvalue weighted by molar-refractivity contribution is 0.0972. The minimum absolute atomic E-state index is 0.00665. The zero-order valence-corrected chi connectivity index (χ0v) is 9.83.